The van der Waals surface area contributed by atoms with Crippen LogP contribution in [0.25, 0.3) is 11.1 Å². The first-order valence-electron chi connectivity index (χ1n) is 15.5. The molecule has 8 nitrogen and oxygen atoms in total. The highest BCUT2D eigenvalue weighted by molar-refractivity contribution is 5.82. The van der Waals surface area contributed by atoms with Crippen LogP contribution in [0.5, 0.6) is 11.6 Å². The van der Waals surface area contributed by atoms with Gasteiger partial charge >= 0.3 is 0 Å². The predicted molar refractivity (Wildman–Crippen MR) is 155 cm³/mol. The van der Waals surface area contributed by atoms with Crippen LogP contribution in [0.15, 0.2) is 42.6 Å². The zero-order valence-corrected chi connectivity index (χ0v) is 24.1. The number of amides is 2. The smallest absolute Gasteiger partial charge is 0.228 e. The van der Waals surface area contributed by atoms with Gasteiger partial charge in [-0.2, -0.15) is 0 Å². The average molecular weight is 559 g/mol. The van der Waals surface area contributed by atoms with Crippen molar-refractivity contribution in [3.8, 4) is 22.8 Å². The molecule has 2 amide bonds. The molecule has 1 aromatic heterocycles. The first kappa shape index (κ1) is 26.7. The molecule has 218 valence electrons. The number of nitrogens with two attached hydrogens (primary N) is 1. The Morgan fingerprint density at radius 1 is 1.00 bits per heavy atom. The second-order valence-corrected chi connectivity index (χ2v) is 13.7. The third-order valence-corrected chi connectivity index (χ3v) is 10.6. The van der Waals surface area contributed by atoms with Gasteiger partial charge in [-0.1, -0.05) is 12.1 Å². The van der Waals surface area contributed by atoms with E-state index < -0.39 is 0 Å². The van der Waals surface area contributed by atoms with Crippen molar-refractivity contribution in [1.82, 2.24) is 15.6 Å². The maximum absolute atomic E-state index is 14.0. The number of primary amides is 1. The number of hydrogen-bond donors (Lipinski definition) is 3. The molecule has 7 unspecified atom stereocenters. The summed E-state index contributed by atoms with van der Waals surface area (Å²) in [5.74, 6) is 2.31. The van der Waals surface area contributed by atoms with Crippen molar-refractivity contribution in [2.24, 2.45) is 34.8 Å². The number of carbonyl (C=O) groups excluding carboxylic acids is 2. The molecule has 6 bridgehead atoms. The van der Waals surface area contributed by atoms with Gasteiger partial charge in [-0.05, 0) is 100 Å². The van der Waals surface area contributed by atoms with Gasteiger partial charge in [0.25, 0.3) is 0 Å². The third kappa shape index (κ3) is 4.98. The molecule has 2 aliphatic heterocycles. The van der Waals surface area contributed by atoms with E-state index >= 15 is 0 Å². The molecule has 9 atom stereocenters. The van der Waals surface area contributed by atoms with Crippen molar-refractivity contribution in [2.45, 2.75) is 95.5 Å². The van der Waals surface area contributed by atoms with Crippen LogP contribution >= 0.6 is 0 Å². The van der Waals surface area contributed by atoms with Crippen molar-refractivity contribution < 1.29 is 19.1 Å². The number of rotatable bonds is 8. The summed E-state index contributed by atoms with van der Waals surface area (Å²) in [7, 11) is 0. The monoisotopic (exact) mass is 558 g/mol. The summed E-state index contributed by atoms with van der Waals surface area (Å²) in [4.78, 5) is 31.0. The predicted octanol–water partition coefficient (Wildman–Crippen LogP) is 4.22. The zero-order valence-electron chi connectivity index (χ0n) is 24.1. The Labute approximate surface area is 242 Å². The first-order chi connectivity index (χ1) is 19.8. The van der Waals surface area contributed by atoms with E-state index in [0.29, 0.717) is 29.7 Å². The van der Waals surface area contributed by atoms with Crippen LogP contribution < -0.4 is 25.8 Å². The van der Waals surface area contributed by atoms with E-state index in [-0.39, 0.29) is 47.4 Å². The summed E-state index contributed by atoms with van der Waals surface area (Å²) < 4.78 is 12.2. The number of nitrogens with zero attached hydrogens (tertiary/aromatic N) is 1. The topological polar surface area (TPSA) is 116 Å². The number of piperidine rings is 1. The van der Waals surface area contributed by atoms with Gasteiger partial charge in [0.1, 0.15) is 11.9 Å². The van der Waals surface area contributed by atoms with E-state index in [1.807, 2.05) is 56.4 Å². The lowest BCUT2D eigenvalue weighted by Gasteiger charge is -2.59. The van der Waals surface area contributed by atoms with Crippen molar-refractivity contribution in [2.75, 3.05) is 0 Å². The molecule has 1 aromatic carbocycles. The van der Waals surface area contributed by atoms with E-state index in [2.05, 4.69) is 15.6 Å². The second-order valence-electron chi connectivity index (χ2n) is 13.7. The first-order valence-corrected chi connectivity index (χ1v) is 15.5. The molecule has 4 aliphatic carbocycles. The minimum absolute atomic E-state index is 0.0822. The lowest BCUT2D eigenvalue weighted by Crippen LogP contribution is -2.64. The Bertz CT molecular complexity index is 1280. The summed E-state index contributed by atoms with van der Waals surface area (Å²) in [6, 6.07) is 12.6. The van der Waals surface area contributed by atoms with Crippen LogP contribution in [0.4, 0.5) is 0 Å². The molecule has 8 rings (SSSR count). The van der Waals surface area contributed by atoms with E-state index in [4.69, 9.17) is 15.2 Å². The molecule has 4 saturated carbocycles. The van der Waals surface area contributed by atoms with Gasteiger partial charge in [-0.3, -0.25) is 9.59 Å². The molecule has 3 heterocycles. The fourth-order valence-corrected chi connectivity index (χ4v) is 9.07. The Morgan fingerprint density at radius 2 is 1.73 bits per heavy atom. The standard InChI is InChI=1S/C33H42N4O4/c1-18(2)40-25-7-3-20(4-8-25)21-5-10-28(35-17-21)41-27-13-24-6-9-26(36-24)29(27)31(38)37-30-22-11-19-12-23(30)16-33(14-19,15-22)32(34)39/h3-5,7-8,10,17-19,22-24,26-27,29-30,36H,6,9,11-16H2,1-2H3,(H2,34,39)(H,37,38)/t19?,22-,23+,24?,26?,27?,29?,30?,33?. The molecule has 41 heavy (non-hydrogen) atoms. The van der Waals surface area contributed by atoms with E-state index in [1.165, 1.54) is 0 Å². The minimum Gasteiger partial charge on any atom is -0.491 e. The lowest BCUT2D eigenvalue weighted by molar-refractivity contribution is -0.148. The fourth-order valence-electron chi connectivity index (χ4n) is 9.07. The summed E-state index contributed by atoms with van der Waals surface area (Å²) in [5.41, 5.74) is 7.60. The highest BCUT2D eigenvalue weighted by atomic mass is 16.5. The Morgan fingerprint density at radius 3 is 2.39 bits per heavy atom. The summed E-state index contributed by atoms with van der Waals surface area (Å²) in [6.07, 6.45) is 9.34. The van der Waals surface area contributed by atoms with Gasteiger partial charge in [0.05, 0.1) is 12.0 Å². The number of pyridine rings is 1. The number of carbonyl (C=O) groups is 2. The number of nitrogens with one attached hydrogen (secondary N) is 2. The van der Waals surface area contributed by atoms with Crippen molar-refractivity contribution in [3.63, 3.8) is 0 Å². The van der Waals surface area contributed by atoms with Gasteiger partial charge in [-0.25, -0.2) is 4.98 Å². The van der Waals surface area contributed by atoms with Gasteiger partial charge in [0, 0.05) is 47.8 Å². The SMILES string of the molecule is CC(C)Oc1ccc(-c2ccc(OC3CC4CCC(N4)C3C(=O)NC3[C@@H]4CC5C[C@H]3CC(C(N)=O)(C5)C4)nc2)cc1. The largest absolute Gasteiger partial charge is 0.491 e. The van der Waals surface area contributed by atoms with Crippen LogP contribution in [0, 0.1) is 29.1 Å². The normalized spacial score (nSPS) is 36.8. The number of fused-ring (bicyclic) bond motifs is 2. The maximum atomic E-state index is 14.0. The van der Waals surface area contributed by atoms with Crippen LogP contribution in [0.3, 0.4) is 0 Å². The highest BCUT2D eigenvalue weighted by Gasteiger charge is 2.58. The molecular formula is C33H42N4O4. The van der Waals surface area contributed by atoms with Gasteiger partial charge in [0.2, 0.25) is 17.7 Å². The third-order valence-electron chi connectivity index (χ3n) is 10.6. The van der Waals surface area contributed by atoms with Crippen LogP contribution in [0.1, 0.15) is 65.2 Å². The molecule has 0 spiro atoms. The van der Waals surface area contributed by atoms with Crippen molar-refractivity contribution in [1.29, 1.82) is 0 Å². The number of aromatic nitrogens is 1. The molecule has 6 fully saturated rings. The maximum Gasteiger partial charge on any atom is 0.228 e. The van der Waals surface area contributed by atoms with Crippen molar-refractivity contribution >= 4 is 11.8 Å². The van der Waals surface area contributed by atoms with Crippen molar-refractivity contribution in [3.05, 3.63) is 42.6 Å². The Hall–Kier alpha value is -3.13. The molecule has 6 aliphatic rings. The number of hydrogen-bond acceptors (Lipinski definition) is 6. The van der Waals surface area contributed by atoms with Crippen LogP contribution in [-0.4, -0.2) is 47.1 Å². The average Bonchev–Trinajstić information content (AvgIpc) is 3.31. The summed E-state index contributed by atoms with van der Waals surface area (Å²) in [6.45, 7) is 4.03. The van der Waals surface area contributed by atoms with Gasteiger partial charge in [-0.15, -0.1) is 0 Å². The Kier molecular flexibility index (Phi) is 6.72. The summed E-state index contributed by atoms with van der Waals surface area (Å²) >= 11 is 0. The molecular weight excluding hydrogens is 516 g/mol. The van der Waals surface area contributed by atoms with Gasteiger partial charge in [0.15, 0.2) is 0 Å². The van der Waals surface area contributed by atoms with E-state index in [0.717, 1.165) is 68.2 Å². The van der Waals surface area contributed by atoms with Crippen LogP contribution in [0.2, 0.25) is 0 Å². The van der Waals surface area contributed by atoms with E-state index in [1.54, 1.807) is 0 Å². The molecule has 8 heteroatoms. The minimum atomic E-state index is -0.351. The number of benzene rings is 1. The summed E-state index contributed by atoms with van der Waals surface area (Å²) in [5, 5.41) is 7.17. The molecule has 4 N–H and O–H groups in total. The van der Waals surface area contributed by atoms with E-state index in [9.17, 15) is 9.59 Å². The quantitative estimate of drug-likeness (QED) is 0.447. The second kappa shape index (κ2) is 10.3. The number of ether oxygens (including phenoxy) is 2. The Balaban J connectivity index is 1.04. The fraction of sp³-hybridized carbons (Fsp3) is 0.606. The molecule has 0 radical (unpaired) electrons. The lowest BCUT2D eigenvalue weighted by atomic mass is 9.47. The molecule has 2 aromatic rings. The highest BCUT2D eigenvalue weighted by Crippen LogP contribution is 2.60. The van der Waals surface area contributed by atoms with Crippen LogP contribution in [-0.2, 0) is 9.59 Å². The molecule has 2 saturated heterocycles. The van der Waals surface area contributed by atoms with Gasteiger partial charge < -0.3 is 25.8 Å². The zero-order chi connectivity index (χ0) is 28.3.